The van der Waals surface area contributed by atoms with Crippen molar-refractivity contribution in [3.63, 3.8) is 0 Å². The number of carbonyl (C=O) groups is 3. The Kier molecular flexibility index (Phi) is 4.83. The fourth-order valence-electron chi connectivity index (χ4n) is 3.63. The van der Waals surface area contributed by atoms with Gasteiger partial charge in [-0.25, -0.2) is 4.79 Å². The number of para-hydroxylation sites is 1. The van der Waals surface area contributed by atoms with Gasteiger partial charge >= 0.3 is 6.03 Å². The normalized spacial score (nSPS) is 21.3. The lowest BCUT2D eigenvalue weighted by Crippen LogP contribution is -2.51. The first-order valence-corrected chi connectivity index (χ1v) is 9.06. The third kappa shape index (κ3) is 3.01. The Morgan fingerprint density at radius 3 is 2.74 bits per heavy atom. The van der Waals surface area contributed by atoms with Crippen LogP contribution in [0.2, 0.25) is 0 Å². The topological polar surface area (TPSA) is 87.7 Å². The standard InChI is InChI=1S/C20H23N3O4/c1-4-19(5-2,6-3)21-16(24)13-23-17(25)20(22-18(23)26)11-12-27-15-10-8-7-9-14(15)20/h1,7-10H,5-6,11-13H2,2-3H3,(H,21,24)(H,22,26)/t20-/m1/s1. The van der Waals surface area contributed by atoms with Gasteiger partial charge in [0.05, 0.1) is 6.61 Å². The maximum Gasteiger partial charge on any atom is 0.325 e. The summed E-state index contributed by atoms with van der Waals surface area (Å²) in [6.07, 6.45) is 6.99. The highest BCUT2D eigenvalue weighted by atomic mass is 16.5. The lowest BCUT2D eigenvalue weighted by molar-refractivity contribution is -0.136. The number of hydrogen-bond acceptors (Lipinski definition) is 4. The van der Waals surface area contributed by atoms with Gasteiger partial charge < -0.3 is 15.4 Å². The number of rotatable bonds is 5. The molecule has 7 nitrogen and oxygen atoms in total. The summed E-state index contributed by atoms with van der Waals surface area (Å²) < 4.78 is 5.60. The minimum Gasteiger partial charge on any atom is -0.493 e. The molecule has 1 spiro atoms. The van der Waals surface area contributed by atoms with Crippen molar-refractivity contribution in [3.05, 3.63) is 29.8 Å². The Bertz CT molecular complexity index is 825. The van der Waals surface area contributed by atoms with Crippen molar-refractivity contribution in [2.75, 3.05) is 13.2 Å². The predicted octanol–water partition coefficient (Wildman–Crippen LogP) is 1.52. The van der Waals surface area contributed by atoms with Gasteiger partial charge in [0.15, 0.2) is 5.54 Å². The molecule has 1 saturated heterocycles. The van der Waals surface area contributed by atoms with E-state index in [-0.39, 0.29) is 6.54 Å². The van der Waals surface area contributed by atoms with Crippen LogP contribution >= 0.6 is 0 Å². The number of terminal acetylenes is 1. The maximum absolute atomic E-state index is 13.1. The molecule has 4 amide bonds. The predicted molar refractivity (Wildman–Crippen MR) is 98.8 cm³/mol. The van der Waals surface area contributed by atoms with E-state index in [1.807, 2.05) is 13.8 Å². The molecular weight excluding hydrogens is 346 g/mol. The molecule has 1 aromatic carbocycles. The van der Waals surface area contributed by atoms with Crippen LogP contribution in [0, 0.1) is 12.3 Å². The molecule has 1 atom stereocenters. The summed E-state index contributed by atoms with van der Waals surface area (Å²) in [6.45, 7) is 3.68. The first-order valence-electron chi connectivity index (χ1n) is 9.06. The fraction of sp³-hybridized carbons (Fsp3) is 0.450. The van der Waals surface area contributed by atoms with Crippen LogP contribution in [-0.2, 0) is 15.1 Å². The zero-order valence-corrected chi connectivity index (χ0v) is 15.5. The van der Waals surface area contributed by atoms with Gasteiger partial charge in [0.25, 0.3) is 5.91 Å². The van der Waals surface area contributed by atoms with Gasteiger partial charge in [0, 0.05) is 12.0 Å². The second kappa shape index (κ2) is 6.95. The zero-order valence-electron chi connectivity index (χ0n) is 15.5. The van der Waals surface area contributed by atoms with Gasteiger partial charge in [-0.05, 0) is 18.9 Å². The van der Waals surface area contributed by atoms with Crippen LogP contribution in [0.25, 0.3) is 0 Å². The first kappa shape index (κ1) is 18.8. The second-order valence-electron chi connectivity index (χ2n) is 6.80. The summed E-state index contributed by atoms with van der Waals surface area (Å²) in [5.74, 6) is 2.27. The number of imide groups is 1. The Labute approximate surface area is 158 Å². The molecule has 3 rings (SSSR count). The molecule has 0 bridgehead atoms. The van der Waals surface area contributed by atoms with E-state index in [0.29, 0.717) is 37.2 Å². The number of fused-ring (bicyclic) bond motifs is 2. The molecule has 0 aliphatic carbocycles. The largest absolute Gasteiger partial charge is 0.493 e. The molecule has 1 aromatic rings. The quantitative estimate of drug-likeness (QED) is 0.609. The summed E-state index contributed by atoms with van der Waals surface area (Å²) in [5, 5.41) is 5.56. The minimum atomic E-state index is -1.19. The zero-order chi connectivity index (χ0) is 19.7. The van der Waals surface area contributed by atoms with Crippen LogP contribution in [0.15, 0.2) is 24.3 Å². The SMILES string of the molecule is C#CC(CC)(CC)NC(=O)CN1C(=O)N[C@@]2(CCOc3ccccc32)C1=O. The number of ether oxygens (including phenoxy) is 1. The summed E-state index contributed by atoms with van der Waals surface area (Å²) in [7, 11) is 0. The molecule has 2 aliphatic heterocycles. The highest BCUT2D eigenvalue weighted by Crippen LogP contribution is 2.40. The van der Waals surface area contributed by atoms with E-state index in [2.05, 4.69) is 16.6 Å². The molecule has 7 heteroatoms. The van der Waals surface area contributed by atoms with Gasteiger partial charge in [-0.15, -0.1) is 6.42 Å². The minimum absolute atomic E-state index is 0.301. The average Bonchev–Trinajstić information content (AvgIpc) is 2.91. The third-order valence-electron chi connectivity index (χ3n) is 5.42. The van der Waals surface area contributed by atoms with E-state index in [4.69, 9.17) is 11.2 Å². The molecule has 1 fully saturated rings. The molecule has 0 saturated carbocycles. The summed E-state index contributed by atoms with van der Waals surface area (Å²) in [5.41, 5.74) is -1.36. The fourth-order valence-corrected chi connectivity index (χ4v) is 3.63. The van der Waals surface area contributed by atoms with E-state index in [1.54, 1.807) is 24.3 Å². The van der Waals surface area contributed by atoms with Crippen molar-refractivity contribution < 1.29 is 19.1 Å². The van der Waals surface area contributed by atoms with Crippen LogP contribution in [0.4, 0.5) is 4.79 Å². The monoisotopic (exact) mass is 369 g/mol. The molecule has 2 heterocycles. The van der Waals surface area contributed by atoms with E-state index in [1.165, 1.54) is 0 Å². The van der Waals surface area contributed by atoms with Crippen LogP contribution in [0.1, 0.15) is 38.7 Å². The van der Waals surface area contributed by atoms with Crippen LogP contribution in [0.3, 0.4) is 0 Å². The Morgan fingerprint density at radius 1 is 1.37 bits per heavy atom. The molecule has 2 aliphatic rings. The lowest BCUT2D eigenvalue weighted by Gasteiger charge is -2.33. The van der Waals surface area contributed by atoms with Crippen LogP contribution < -0.4 is 15.4 Å². The molecule has 0 unspecified atom stereocenters. The van der Waals surface area contributed by atoms with E-state index in [0.717, 1.165) is 4.90 Å². The van der Waals surface area contributed by atoms with E-state index in [9.17, 15) is 14.4 Å². The van der Waals surface area contributed by atoms with E-state index >= 15 is 0 Å². The van der Waals surface area contributed by atoms with Gasteiger partial charge in [-0.1, -0.05) is 38.0 Å². The molecule has 0 radical (unpaired) electrons. The number of amides is 4. The summed E-state index contributed by atoms with van der Waals surface area (Å²) in [6, 6.07) is 6.52. The molecule has 2 N–H and O–H groups in total. The molecule has 0 aromatic heterocycles. The van der Waals surface area contributed by atoms with Crippen molar-refractivity contribution in [2.24, 2.45) is 0 Å². The van der Waals surface area contributed by atoms with Crippen molar-refractivity contribution >= 4 is 17.8 Å². The number of hydrogen-bond donors (Lipinski definition) is 2. The highest BCUT2D eigenvalue weighted by molar-refractivity contribution is 6.09. The van der Waals surface area contributed by atoms with Crippen molar-refractivity contribution in [1.82, 2.24) is 15.5 Å². The number of carbonyl (C=O) groups excluding carboxylic acids is 3. The Morgan fingerprint density at radius 2 is 2.07 bits per heavy atom. The van der Waals surface area contributed by atoms with Gasteiger partial charge in [0.2, 0.25) is 5.91 Å². The number of benzene rings is 1. The molecule has 27 heavy (non-hydrogen) atoms. The van der Waals surface area contributed by atoms with Crippen molar-refractivity contribution in [2.45, 2.75) is 44.2 Å². The van der Waals surface area contributed by atoms with Crippen LogP contribution in [0.5, 0.6) is 5.75 Å². The smallest absolute Gasteiger partial charge is 0.325 e. The average molecular weight is 369 g/mol. The number of nitrogens with one attached hydrogen (secondary N) is 2. The lowest BCUT2D eigenvalue weighted by atomic mass is 9.84. The molecular formula is C20H23N3O4. The summed E-state index contributed by atoms with van der Waals surface area (Å²) >= 11 is 0. The maximum atomic E-state index is 13.1. The second-order valence-corrected chi connectivity index (χ2v) is 6.80. The summed E-state index contributed by atoms with van der Waals surface area (Å²) in [4.78, 5) is 39.1. The van der Waals surface area contributed by atoms with Gasteiger partial charge in [-0.2, -0.15) is 0 Å². The van der Waals surface area contributed by atoms with E-state index < -0.39 is 28.9 Å². The molecule has 142 valence electrons. The third-order valence-corrected chi connectivity index (χ3v) is 5.42. The number of nitrogens with zero attached hydrogens (tertiary/aromatic N) is 1. The number of urea groups is 1. The Balaban J connectivity index is 1.82. The first-order chi connectivity index (χ1) is 12.9. The highest BCUT2D eigenvalue weighted by Gasteiger charge is 2.55. The van der Waals surface area contributed by atoms with Gasteiger partial charge in [0.1, 0.15) is 17.8 Å². The van der Waals surface area contributed by atoms with Crippen LogP contribution in [-0.4, -0.2) is 41.4 Å². The van der Waals surface area contributed by atoms with Crippen molar-refractivity contribution in [3.8, 4) is 18.1 Å². The Hall–Kier alpha value is -3.01. The van der Waals surface area contributed by atoms with Gasteiger partial charge in [-0.3, -0.25) is 14.5 Å². The van der Waals surface area contributed by atoms with Crippen molar-refractivity contribution in [1.29, 1.82) is 0 Å².